The lowest BCUT2D eigenvalue weighted by molar-refractivity contribution is 0.440. The van der Waals surface area contributed by atoms with E-state index in [2.05, 4.69) is 37.1 Å². The summed E-state index contributed by atoms with van der Waals surface area (Å²) < 4.78 is 0. The van der Waals surface area contributed by atoms with Crippen LogP contribution in [0.15, 0.2) is 23.3 Å². The lowest BCUT2D eigenvalue weighted by atomic mass is 10.1. The molecule has 1 rings (SSSR count). The number of benzene rings is 1. The number of hydrogen-bond acceptors (Lipinski definition) is 2. The molecule has 0 aliphatic heterocycles. The summed E-state index contributed by atoms with van der Waals surface area (Å²) in [5, 5.41) is 6.00. The second kappa shape index (κ2) is 4.08. The van der Waals surface area contributed by atoms with Crippen molar-refractivity contribution in [2.75, 3.05) is 14.1 Å². The molecule has 0 saturated carbocycles. The Kier molecular flexibility index (Phi) is 3.07. The van der Waals surface area contributed by atoms with Crippen LogP contribution in [0.3, 0.4) is 0 Å². The molecular formula is C11H16N2. The van der Waals surface area contributed by atoms with Crippen molar-refractivity contribution in [2.45, 2.75) is 13.8 Å². The largest absolute Gasteiger partial charge is 0.303 e. The van der Waals surface area contributed by atoms with E-state index < -0.39 is 0 Å². The number of aryl methyl sites for hydroxylation is 2. The summed E-state index contributed by atoms with van der Waals surface area (Å²) in [6, 6.07) is 6.37. The molecule has 2 nitrogen and oxygen atoms in total. The molecule has 0 spiro atoms. The van der Waals surface area contributed by atoms with Crippen LogP contribution in [0.5, 0.6) is 0 Å². The van der Waals surface area contributed by atoms with Crippen molar-refractivity contribution in [1.29, 1.82) is 0 Å². The molecule has 0 aliphatic rings. The normalized spacial score (nSPS) is 10.8. The van der Waals surface area contributed by atoms with E-state index in [0.29, 0.717) is 0 Å². The first-order chi connectivity index (χ1) is 6.09. The zero-order chi connectivity index (χ0) is 9.84. The lowest BCUT2D eigenvalue weighted by Crippen LogP contribution is -2.02. The van der Waals surface area contributed by atoms with Crippen LogP contribution < -0.4 is 0 Å². The zero-order valence-corrected chi connectivity index (χ0v) is 8.70. The molecule has 70 valence electrons. The van der Waals surface area contributed by atoms with E-state index in [-0.39, 0.29) is 0 Å². The third-order valence-electron chi connectivity index (χ3n) is 1.86. The molecule has 0 bridgehead atoms. The van der Waals surface area contributed by atoms with Crippen molar-refractivity contribution in [3.8, 4) is 0 Å². The van der Waals surface area contributed by atoms with E-state index in [9.17, 15) is 0 Å². The van der Waals surface area contributed by atoms with Crippen molar-refractivity contribution >= 4 is 6.21 Å². The molecule has 0 amide bonds. The standard InChI is InChI=1S/C11H16N2/c1-9-5-6-10(2)11(7-9)8-12-13(3)4/h5-8H,1-4H3/b12-8+. The van der Waals surface area contributed by atoms with Gasteiger partial charge in [0, 0.05) is 14.1 Å². The molecule has 0 N–H and O–H groups in total. The molecule has 0 heterocycles. The predicted octanol–water partition coefficient (Wildman–Crippen LogP) is 2.20. The highest BCUT2D eigenvalue weighted by Crippen LogP contribution is 2.07. The van der Waals surface area contributed by atoms with E-state index in [0.717, 1.165) is 0 Å². The average molecular weight is 176 g/mol. The molecule has 13 heavy (non-hydrogen) atoms. The summed E-state index contributed by atoms with van der Waals surface area (Å²) in [4.78, 5) is 0. The van der Waals surface area contributed by atoms with Gasteiger partial charge in [0.25, 0.3) is 0 Å². The maximum atomic E-state index is 4.21. The van der Waals surface area contributed by atoms with Gasteiger partial charge in [0.05, 0.1) is 6.21 Å². The van der Waals surface area contributed by atoms with Crippen LogP contribution in [0, 0.1) is 13.8 Å². The van der Waals surface area contributed by atoms with Crippen LogP contribution in [0.4, 0.5) is 0 Å². The van der Waals surface area contributed by atoms with Gasteiger partial charge in [0.15, 0.2) is 0 Å². The SMILES string of the molecule is Cc1ccc(C)c(/C=N/N(C)C)c1. The Balaban J connectivity index is 2.93. The van der Waals surface area contributed by atoms with Gasteiger partial charge in [0.2, 0.25) is 0 Å². The van der Waals surface area contributed by atoms with E-state index >= 15 is 0 Å². The van der Waals surface area contributed by atoms with Gasteiger partial charge in [-0.15, -0.1) is 0 Å². The molecule has 1 aromatic carbocycles. The van der Waals surface area contributed by atoms with Gasteiger partial charge < -0.3 is 5.01 Å². The topological polar surface area (TPSA) is 15.6 Å². The Hall–Kier alpha value is -1.31. The zero-order valence-electron chi connectivity index (χ0n) is 8.70. The van der Waals surface area contributed by atoms with Crippen LogP contribution in [-0.4, -0.2) is 25.3 Å². The van der Waals surface area contributed by atoms with Crippen LogP contribution in [0.1, 0.15) is 16.7 Å². The molecule has 1 aromatic rings. The minimum atomic E-state index is 1.19. The summed E-state index contributed by atoms with van der Waals surface area (Å²) in [5.41, 5.74) is 3.72. The third kappa shape index (κ3) is 2.90. The van der Waals surface area contributed by atoms with Gasteiger partial charge in [-0.25, -0.2) is 0 Å². The average Bonchev–Trinajstić information content (AvgIpc) is 2.06. The molecular weight excluding hydrogens is 160 g/mol. The highest BCUT2D eigenvalue weighted by molar-refractivity contribution is 5.81. The fourth-order valence-electron chi connectivity index (χ4n) is 1.08. The lowest BCUT2D eigenvalue weighted by Gasteiger charge is -2.04. The maximum absolute atomic E-state index is 4.21. The van der Waals surface area contributed by atoms with Gasteiger partial charge in [-0.3, -0.25) is 0 Å². The first-order valence-corrected chi connectivity index (χ1v) is 4.38. The summed E-state index contributed by atoms with van der Waals surface area (Å²) in [6.45, 7) is 4.18. The fourth-order valence-corrected chi connectivity index (χ4v) is 1.08. The highest BCUT2D eigenvalue weighted by Gasteiger charge is 1.94. The van der Waals surface area contributed by atoms with Gasteiger partial charge in [0.1, 0.15) is 0 Å². The Bertz CT molecular complexity index is 314. The molecule has 0 aliphatic carbocycles. The minimum Gasteiger partial charge on any atom is -0.303 e. The van der Waals surface area contributed by atoms with Crippen LogP contribution >= 0.6 is 0 Å². The van der Waals surface area contributed by atoms with E-state index in [4.69, 9.17) is 0 Å². The second-order valence-corrected chi connectivity index (χ2v) is 3.45. The monoisotopic (exact) mass is 176 g/mol. The summed E-state index contributed by atoms with van der Waals surface area (Å²) in [5.74, 6) is 0. The van der Waals surface area contributed by atoms with Gasteiger partial charge in [-0.2, -0.15) is 5.10 Å². The number of nitrogens with zero attached hydrogens (tertiary/aromatic N) is 2. The van der Waals surface area contributed by atoms with Crippen molar-refractivity contribution in [3.63, 3.8) is 0 Å². The van der Waals surface area contributed by atoms with Gasteiger partial charge in [-0.05, 0) is 25.0 Å². The van der Waals surface area contributed by atoms with E-state index in [1.807, 2.05) is 20.3 Å². The molecule has 0 saturated heterocycles. The molecule has 0 atom stereocenters. The van der Waals surface area contributed by atoms with Crippen molar-refractivity contribution in [1.82, 2.24) is 5.01 Å². The van der Waals surface area contributed by atoms with E-state index in [1.165, 1.54) is 16.7 Å². The van der Waals surface area contributed by atoms with Crippen LogP contribution in [-0.2, 0) is 0 Å². The summed E-state index contributed by atoms with van der Waals surface area (Å²) >= 11 is 0. The van der Waals surface area contributed by atoms with Crippen molar-refractivity contribution in [2.24, 2.45) is 5.10 Å². The first-order valence-electron chi connectivity index (χ1n) is 4.38. The van der Waals surface area contributed by atoms with Crippen LogP contribution in [0.25, 0.3) is 0 Å². The van der Waals surface area contributed by atoms with E-state index in [1.54, 1.807) is 5.01 Å². The number of rotatable bonds is 2. The summed E-state index contributed by atoms with van der Waals surface area (Å²) in [7, 11) is 3.84. The van der Waals surface area contributed by atoms with Gasteiger partial charge >= 0.3 is 0 Å². The Labute approximate surface area is 79.9 Å². The van der Waals surface area contributed by atoms with Crippen molar-refractivity contribution in [3.05, 3.63) is 34.9 Å². The molecule has 0 radical (unpaired) electrons. The Morgan fingerprint density at radius 1 is 1.23 bits per heavy atom. The summed E-state index contributed by atoms with van der Waals surface area (Å²) in [6.07, 6.45) is 1.89. The maximum Gasteiger partial charge on any atom is 0.0545 e. The van der Waals surface area contributed by atoms with Gasteiger partial charge in [-0.1, -0.05) is 23.8 Å². The highest BCUT2D eigenvalue weighted by atomic mass is 15.4. The quantitative estimate of drug-likeness (QED) is 0.498. The fraction of sp³-hybridized carbons (Fsp3) is 0.364. The molecule has 0 aromatic heterocycles. The first kappa shape index (κ1) is 9.78. The molecule has 0 unspecified atom stereocenters. The second-order valence-electron chi connectivity index (χ2n) is 3.45. The Morgan fingerprint density at radius 3 is 2.54 bits per heavy atom. The minimum absolute atomic E-state index is 1.19. The third-order valence-corrected chi connectivity index (χ3v) is 1.86. The molecule has 0 fully saturated rings. The van der Waals surface area contributed by atoms with Crippen molar-refractivity contribution < 1.29 is 0 Å². The number of hydrazone groups is 1. The number of hydrogen-bond donors (Lipinski definition) is 0. The predicted molar refractivity (Wildman–Crippen MR) is 57.2 cm³/mol. The smallest absolute Gasteiger partial charge is 0.0545 e. The Morgan fingerprint density at radius 2 is 1.92 bits per heavy atom. The van der Waals surface area contributed by atoms with Crippen LogP contribution in [0.2, 0.25) is 0 Å². The molecule has 2 heteroatoms.